The summed E-state index contributed by atoms with van der Waals surface area (Å²) in [7, 11) is 2.14. The van der Waals surface area contributed by atoms with E-state index in [-0.39, 0.29) is 5.54 Å². The van der Waals surface area contributed by atoms with Gasteiger partial charge in [0.05, 0.1) is 11.2 Å². The Morgan fingerprint density at radius 3 is 2.60 bits per heavy atom. The third kappa shape index (κ3) is 1.74. The molecule has 2 heterocycles. The van der Waals surface area contributed by atoms with Crippen LogP contribution in [0.4, 0.5) is 5.82 Å². The van der Waals surface area contributed by atoms with Crippen molar-refractivity contribution >= 4 is 5.82 Å². The van der Waals surface area contributed by atoms with Gasteiger partial charge in [0.15, 0.2) is 0 Å². The van der Waals surface area contributed by atoms with Crippen molar-refractivity contribution in [2.75, 3.05) is 19.3 Å². The van der Waals surface area contributed by atoms with Crippen LogP contribution < -0.4 is 5.73 Å². The molecule has 0 unspecified atom stereocenters. The monoisotopic (exact) mass is 208 g/mol. The number of likely N-dealkylation sites (N-methyl/N-ethyl adjacent to an activating group) is 1. The Morgan fingerprint density at radius 1 is 1.33 bits per heavy atom. The highest BCUT2D eigenvalue weighted by atomic mass is 15.4. The summed E-state index contributed by atoms with van der Waals surface area (Å²) >= 11 is 0. The second-order valence-electron chi connectivity index (χ2n) is 5.38. The van der Waals surface area contributed by atoms with Gasteiger partial charge in [-0.05, 0) is 34.2 Å². The molecule has 4 heteroatoms. The average molecular weight is 208 g/mol. The summed E-state index contributed by atoms with van der Waals surface area (Å²) in [6.45, 7) is 8.51. The molecule has 0 saturated heterocycles. The minimum Gasteiger partial charge on any atom is -0.382 e. The van der Waals surface area contributed by atoms with E-state index in [0.29, 0.717) is 5.82 Å². The Labute approximate surface area is 91.1 Å². The molecule has 1 aliphatic rings. The van der Waals surface area contributed by atoms with Gasteiger partial charge in [-0.25, -0.2) is 0 Å². The normalized spacial score (nSPS) is 17.9. The number of rotatable bonds is 0. The number of hydrogen-bond acceptors (Lipinski definition) is 3. The van der Waals surface area contributed by atoms with Crippen molar-refractivity contribution in [1.82, 2.24) is 14.7 Å². The molecule has 1 aliphatic heterocycles. The minimum absolute atomic E-state index is 0.0138. The van der Waals surface area contributed by atoms with E-state index in [0.717, 1.165) is 19.5 Å². The highest BCUT2D eigenvalue weighted by Gasteiger charge is 2.26. The van der Waals surface area contributed by atoms with E-state index in [4.69, 9.17) is 5.73 Å². The molecule has 0 amide bonds. The zero-order valence-electron chi connectivity index (χ0n) is 10.0. The number of nitrogen functional groups attached to an aromatic ring is 1. The maximum Gasteiger partial charge on any atom is 0.149 e. The number of nitrogens with two attached hydrogens (primary N) is 1. The highest BCUT2D eigenvalue weighted by molar-refractivity contribution is 5.44. The zero-order chi connectivity index (χ0) is 11.2. The van der Waals surface area contributed by atoms with Crippen molar-refractivity contribution in [2.45, 2.75) is 39.3 Å². The van der Waals surface area contributed by atoms with Crippen LogP contribution in [0, 0.1) is 0 Å². The number of nitrogens with zero attached hydrogens (tertiary/aromatic N) is 3. The van der Waals surface area contributed by atoms with Crippen molar-refractivity contribution < 1.29 is 0 Å². The second kappa shape index (κ2) is 3.23. The topological polar surface area (TPSA) is 47.1 Å². The van der Waals surface area contributed by atoms with Gasteiger partial charge in [-0.1, -0.05) is 0 Å². The summed E-state index contributed by atoms with van der Waals surface area (Å²) in [5.74, 6) is 0.716. The van der Waals surface area contributed by atoms with Gasteiger partial charge in [0.2, 0.25) is 0 Å². The van der Waals surface area contributed by atoms with Gasteiger partial charge in [0.25, 0.3) is 0 Å². The third-order valence-electron chi connectivity index (χ3n) is 2.92. The summed E-state index contributed by atoms with van der Waals surface area (Å²) < 4.78 is 2.08. The van der Waals surface area contributed by atoms with Crippen molar-refractivity contribution in [2.24, 2.45) is 0 Å². The van der Waals surface area contributed by atoms with Gasteiger partial charge in [0, 0.05) is 18.7 Å². The fourth-order valence-electron chi connectivity index (χ4n) is 2.13. The van der Waals surface area contributed by atoms with Crippen molar-refractivity contribution in [3.63, 3.8) is 0 Å². The second-order valence-corrected chi connectivity index (χ2v) is 5.38. The Balaban J connectivity index is 2.50. The first-order valence-electron chi connectivity index (χ1n) is 5.45. The van der Waals surface area contributed by atoms with Gasteiger partial charge in [-0.3, -0.25) is 4.68 Å². The Morgan fingerprint density at radius 2 is 2.00 bits per heavy atom. The average Bonchev–Trinajstić information content (AvgIpc) is 2.42. The van der Waals surface area contributed by atoms with Crippen molar-refractivity contribution in [3.05, 3.63) is 11.3 Å². The molecular formula is C11H20N4. The lowest BCUT2D eigenvalue weighted by molar-refractivity contribution is 0.272. The Hall–Kier alpha value is -1.03. The van der Waals surface area contributed by atoms with Gasteiger partial charge in [0.1, 0.15) is 5.82 Å². The van der Waals surface area contributed by atoms with Gasteiger partial charge >= 0.3 is 0 Å². The summed E-state index contributed by atoms with van der Waals surface area (Å²) in [4.78, 5) is 2.31. The fraction of sp³-hybridized carbons (Fsp3) is 0.727. The van der Waals surface area contributed by atoms with E-state index in [2.05, 4.69) is 42.5 Å². The molecule has 4 nitrogen and oxygen atoms in total. The molecule has 0 bridgehead atoms. The van der Waals surface area contributed by atoms with Crippen LogP contribution in [0.3, 0.4) is 0 Å². The summed E-state index contributed by atoms with van der Waals surface area (Å²) in [5, 5.41) is 4.47. The first kappa shape index (κ1) is 10.5. The Bertz CT molecular complexity index is 373. The molecule has 2 rings (SSSR count). The summed E-state index contributed by atoms with van der Waals surface area (Å²) in [6, 6.07) is 0. The van der Waals surface area contributed by atoms with E-state index in [1.165, 1.54) is 11.3 Å². The quantitative estimate of drug-likeness (QED) is 0.697. The maximum absolute atomic E-state index is 5.95. The molecule has 2 N–H and O–H groups in total. The lowest BCUT2D eigenvalue weighted by Crippen LogP contribution is -2.32. The van der Waals surface area contributed by atoms with Gasteiger partial charge in [-0.15, -0.1) is 0 Å². The van der Waals surface area contributed by atoms with Crippen LogP contribution in [0.5, 0.6) is 0 Å². The number of anilines is 1. The van der Waals surface area contributed by atoms with E-state index >= 15 is 0 Å². The molecule has 0 saturated carbocycles. The van der Waals surface area contributed by atoms with Crippen LogP contribution in [0.2, 0.25) is 0 Å². The lowest BCUT2D eigenvalue weighted by atomic mass is 10.0. The first-order chi connectivity index (χ1) is 6.89. The van der Waals surface area contributed by atoms with Crippen LogP contribution in [0.1, 0.15) is 32.0 Å². The highest BCUT2D eigenvalue weighted by Crippen LogP contribution is 2.27. The summed E-state index contributed by atoms with van der Waals surface area (Å²) in [5.41, 5.74) is 8.51. The van der Waals surface area contributed by atoms with E-state index < -0.39 is 0 Å². The molecule has 0 spiro atoms. The molecule has 15 heavy (non-hydrogen) atoms. The molecule has 0 aromatic carbocycles. The zero-order valence-corrected chi connectivity index (χ0v) is 10.0. The van der Waals surface area contributed by atoms with E-state index in [9.17, 15) is 0 Å². The van der Waals surface area contributed by atoms with Gasteiger partial charge in [-0.2, -0.15) is 5.10 Å². The molecule has 0 radical (unpaired) electrons. The van der Waals surface area contributed by atoms with Crippen LogP contribution in [0.25, 0.3) is 0 Å². The predicted molar refractivity (Wildman–Crippen MR) is 61.7 cm³/mol. The van der Waals surface area contributed by atoms with E-state index in [1.807, 2.05) is 0 Å². The number of fused-ring (bicyclic) bond motifs is 1. The number of hydrogen-bond donors (Lipinski definition) is 1. The lowest BCUT2D eigenvalue weighted by Gasteiger charge is -2.28. The first-order valence-corrected chi connectivity index (χ1v) is 5.45. The number of aromatic nitrogens is 2. The Kier molecular flexibility index (Phi) is 2.26. The molecule has 0 aliphatic carbocycles. The van der Waals surface area contributed by atoms with Crippen LogP contribution >= 0.6 is 0 Å². The minimum atomic E-state index is 0.0138. The molecule has 0 atom stereocenters. The van der Waals surface area contributed by atoms with Crippen LogP contribution in [0.15, 0.2) is 0 Å². The summed E-state index contributed by atoms with van der Waals surface area (Å²) in [6.07, 6.45) is 1.02. The van der Waals surface area contributed by atoms with E-state index in [1.54, 1.807) is 0 Å². The molecule has 1 aromatic rings. The molecule has 1 aromatic heterocycles. The fourth-order valence-corrected chi connectivity index (χ4v) is 2.13. The van der Waals surface area contributed by atoms with Crippen molar-refractivity contribution in [3.8, 4) is 0 Å². The standard InChI is InChI=1S/C11H20N4/c1-11(2,3)15-9-7-14(4)6-5-8(9)10(12)13-15/h5-7H2,1-4H3,(H2,12,13). The largest absolute Gasteiger partial charge is 0.382 e. The molecule has 0 fully saturated rings. The maximum atomic E-state index is 5.95. The predicted octanol–water partition coefficient (Wildman–Crippen LogP) is 1.21. The third-order valence-corrected chi connectivity index (χ3v) is 2.92. The van der Waals surface area contributed by atoms with Gasteiger partial charge < -0.3 is 10.6 Å². The SMILES string of the molecule is CN1CCc2c(N)nn(C(C)(C)C)c2C1. The smallest absolute Gasteiger partial charge is 0.149 e. The molecular weight excluding hydrogens is 188 g/mol. The van der Waals surface area contributed by atoms with Crippen LogP contribution in [-0.4, -0.2) is 28.3 Å². The van der Waals surface area contributed by atoms with Crippen molar-refractivity contribution in [1.29, 1.82) is 0 Å². The molecule has 84 valence electrons. The van der Waals surface area contributed by atoms with Crippen LogP contribution in [-0.2, 0) is 18.5 Å².